The Morgan fingerprint density at radius 2 is 1.92 bits per heavy atom. The van der Waals surface area contributed by atoms with Crippen molar-refractivity contribution >= 4 is 11.9 Å². The Balaban J connectivity index is 1.59. The van der Waals surface area contributed by atoms with Crippen LogP contribution in [0, 0.1) is 0 Å². The number of carbonyl (C=O) groups is 2. The van der Waals surface area contributed by atoms with E-state index in [1.807, 2.05) is 36.2 Å². The lowest BCUT2D eigenvalue weighted by atomic mass is 10.0. The first-order valence-corrected chi connectivity index (χ1v) is 9.07. The molecule has 1 aromatic carbocycles. The highest BCUT2D eigenvalue weighted by Crippen LogP contribution is 2.31. The van der Waals surface area contributed by atoms with Gasteiger partial charge in [-0.05, 0) is 31.7 Å². The standard InChI is InChI=1S/C19H27N3O3/c1-14(23)21(2)15-9-11-22(12-10-15)19(24)20-17-7-5-13-25-18-8-4-3-6-16(17)18/h3-4,6,8,15,17H,5,7,9-13H2,1-2H3,(H,20,24)/t17-/m1/s1. The molecule has 6 nitrogen and oxygen atoms in total. The van der Waals surface area contributed by atoms with Gasteiger partial charge >= 0.3 is 6.03 Å². The fraction of sp³-hybridized carbons (Fsp3) is 0.579. The van der Waals surface area contributed by atoms with Gasteiger partial charge in [0.15, 0.2) is 0 Å². The summed E-state index contributed by atoms with van der Waals surface area (Å²) >= 11 is 0. The van der Waals surface area contributed by atoms with E-state index in [9.17, 15) is 9.59 Å². The highest BCUT2D eigenvalue weighted by molar-refractivity contribution is 5.75. The Morgan fingerprint density at radius 3 is 2.64 bits per heavy atom. The molecule has 3 amide bonds. The van der Waals surface area contributed by atoms with Crippen LogP contribution in [0.4, 0.5) is 4.79 Å². The van der Waals surface area contributed by atoms with E-state index in [1.165, 1.54) is 0 Å². The molecule has 0 bridgehead atoms. The number of hydrogen-bond acceptors (Lipinski definition) is 3. The molecule has 0 spiro atoms. The van der Waals surface area contributed by atoms with Gasteiger partial charge in [-0.3, -0.25) is 4.79 Å². The Kier molecular flexibility index (Phi) is 5.46. The van der Waals surface area contributed by atoms with E-state index in [2.05, 4.69) is 5.32 Å². The second kappa shape index (κ2) is 7.76. The Hall–Kier alpha value is -2.24. The van der Waals surface area contributed by atoms with Crippen LogP contribution in [0.5, 0.6) is 5.75 Å². The lowest BCUT2D eigenvalue weighted by Crippen LogP contribution is -2.50. The van der Waals surface area contributed by atoms with Crippen LogP contribution < -0.4 is 10.1 Å². The molecule has 0 radical (unpaired) electrons. The fourth-order valence-electron chi connectivity index (χ4n) is 3.63. The summed E-state index contributed by atoms with van der Waals surface area (Å²) in [5.41, 5.74) is 1.06. The van der Waals surface area contributed by atoms with Crippen LogP contribution in [0.1, 0.15) is 44.2 Å². The van der Waals surface area contributed by atoms with E-state index >= 15 is 0 Å². The molecule has 1 saturated heterocycles. The summed E-state index contributed by atoms with van der Waals surface area (Å²) in [6.07, 6.45) is 3.46. The number of urea groups is 1. The van der Waals surface area contributed by atoms with Gasteiger partial charge < -0.3 is 19.9 Å². The number of likely N-dealkylation sites (tertiary alicyclic amines) is 1. The minimum absolute atomic E-state index is 0.0104. The van der Waals surface area contributed by atoms with E-state index in [4.69, 9.17) is 4.74 Å². The quantitative estimate of drug-likeness (QED) is 0.896. The third-order valence-electron chi connectivity index (χ3n) is 5.28. The van der Waals surface area contributed by atoms with Gasteiger partial charge in [0.05, 0.1) is 12.6 Å². The topological polar surface area (TPSA) is 61.9 Å². The number of para-hydroxylation sites is 1. The van der Waals surface area contributed by atoms with E-state index in [0.717, 1.165) is 37.0 Å². The minimum atomic E-state index is -0.0226. The normalized spacial score (nSPS) is 20.9. The molecule has 0 saturated carbocycles. The molecule has 0 aliphatic carbocycles. The van der Waals surface area contributed by atoms with Crippen LogP contribution in [0.3, 0.4) is 0 Å². The maximum Gasteiger partial charge on any atom is 0.317 e. The van der Waals surface area contributed by atoms with E-state index in [0.29, 0.717) is 19.7 Å². The predicted octanol–water partition coefficient (Wildman–Crippen LogP) is 2.55. The van der Waals surface area contributed by atoms with Gasteiger partial charge in [-0.2, -0.15) is 0 Å². The molecule has 2 aliphatic rings. The molecule has 1 N–H and O–H groups in total. The maximum atomic E-state index is 12.7. The molecule has 3 rings (SSSR count). The zero-order chi connectivity index (χ0) is 17.8. The fourth-order valence-corrected chi connectivity index (χ4v) is 3.63. The summed E-state index contributed by atoms with van der Waals surface area (Å²) in [5.74, 6) is 0.949. The third-order valence-corrected chi connectivity index (χ3v) is 5.28. The number of hydrogen-bond donors (Lipinski definition) is 1. The number of nitrogens with zero attached hydrogens (tertiary/aromatic N) is 2. The van der Waals surface area contributed by atoms with Crippen LogP contribution in [-0.2, 0) is 4.79 Å². The summed E-state index contributed by atoms with van der Waals surface area (Å²) in [6, 6.07) is 8.13. The maximum absolute atomic E-state index is 12.7. The number of amides is 3. The van der Waals surface area contributed by atoms with Gasteiger partial charge in [0.1, 0.15) is 5.75 Å². The Labute approximate surface area is 149 Å². The first-order valence-electron chi connectivity index (χ1n) is 9.07. The molecule has 0 aromatic heterocycles. The number of fused-ring (bicyclic) bond motifs is 1. The van der Waals surface area contributed by atoms with Gasteiger partial charge in [-0.25, -0.2) is 4.79 Å². The molecule has 2 aliphatic heterocycles. The average Bonchev–Trinajstić information content (AvgIpc) is 2.83. The predicted molar refractivity (Wildman–Crippen MR) is 95.5 cm³/mol. The zero-order valence-electron chi connectivity index (χ0n) is 15.0. The first-order chi connectivity index (χ1) is 12.1. The second-order valence-corrected chi connectivity index (χ2v) is 6.88. The summed E-state index contributed by atoms with van der Waals surface area (Å²) in [6.45, 7) is 3.63. The highest BCUT2D eigenvalue weighted by Gasteiger charge is 2.28. The van der Waals surface area contributed by atoms with Crippen molar-refractivity contribution in [3.63, 3.8) is 0 Å². The van der Waals surface area contributed by atoms with Crippen LogP contribution in [0.15, 0.2) is 24.3 Å². The zero-order valence-corrected chi connectivity index (χ0v) is 15.0. The van der Waals surface area contributed by atoms with E-state index in [1.54, 1.807) is 11.8 Å². The molecule has 25 heavy (non-hydrogen) atoms. The lowest BCUT2D eigenvalue weighted by molar-refractivity contribution is -0.130. The van der Waals surface area contributed by atoms with Gasteiger partial charge in [0.2, 0.25) is 5.91 Å². The molecule has 136 valence electrons. The van der Waals surface area contributed by atoms with Gasteiger partial charge in [0, 0.05) is 38.7 Å². The molecule has 0 unspecified atom stereocenters. The van der Waals surface area contributed by atoms with Crippen molar-refractivity contribution in [2.24, 2.45) is 0 Å². The van der Waals surface area contributed by atoms with E-state index in [-0.39, 0.29) is 24.0 Å². The van der Waals surface area contributed by atoms with Crippen molar-refractivity contribution in [2.75, 3.05) is 26.7 Å². The minimum Gasteiger partial charge on any atom is -0.493 e. The first kappa shape index (κ1) is 17.6. The molecule has 1 atom stereocenters. The van der Waals surface area contributed by atoms with Crippen LogP contribution in [0.2, 0.25) is 0 Å². The van der Waals surface area contributed by atoms with Crippen molar-refractivity contribution in [3.8, 4) is 5.75 Å². The van der Waals surface area contributed by atoms with Crippen molar-refractivity contribution in [1.29, 1.82) is 0 Å². The molecular formula is C19H27N3O3. The molecule has 1 fully saturated rings. The summed E-state index contributed by atoms with van der Waals surface area (Å²) in [5, 5.41) is 3.18. The van der Waals surface area contributed by atoms with Crippen molar-refractivity contribution in [2.45, 2.75) is 44.7 Å². The van der Waals surface area contributed by atoms with E-state index < -0.39 is 0 Å². The smallest absolute Gasteiger partial charge is 0.317 e. The number of carbonyl (C=O) groups excluding carboxylic acids is 2. The summed E-state index contributed by atoms with van der Waals surface area (Å²) in [7, 11) is 1.84. The van der Waals surface area contributed by atoms with Crippen molar-refractivity contribution in [1.82, 2.24) is 15.1 Å². The number of ether oxygens (including phenoxy) is 1. The second-order valence-electron chi connectivity index (χ2n) is 6.88. The summed E-state index contributed by atoms with van der Waals surface area (Å²) in [4.78, 5) is 27.8. The van der Waals surface area contributed by atoms with Gasteiger partial charge in [0.25, 0.3) is 0 Å². The number of piperidine rings is 1. The Bertz CT molecular complexity index is 626. The van der Waals surface area contributed by atoms with Gasteiger partial charge in [-0.15, -0.1) is 0 Å². The lowest BCUT2D eigenvalue weighted by Gasteiger charge is -2.37. The van der Waals surface area contributed by atoms with Crippen LogP contribution in [-0.4, -0.2) is 54.5 Å². The molecule has 1 aromatic rings. The Morgan fingerprint density at radius 1 is 1.20 bits per heavy atom. The van der Waals surface area contributed by atoms with Gasteiger partial charge in [-0.1, -0.05) is 18.2 Å². The molecule has 6 heteroatoms. The van der Waals surface area contributed by atoms with Crippen molar-refractivity contribution < 1.29 is 14.3 Å². The van der Waals surface area contributed by atoms with Crippen LogP contribution >= 0.6 is 0 Å². The van der Waals surface area contributed by atoms with Crippen molar-refractivity contribution in [3.05, 3.63) is 29.8 Å². The number of nitrogens with one attached hydrogen (secondary N) is 1. The average molecular weight is 345 g/mol. The number of rotatable bonds is 2. The monoisotopic (exact) mass is 345 g/mol. The largest absolute Gasteiger partial charge is 0.493 e. The summed E-state index contributed by atoms with van der Waals surface area (Å²) < 4.78 is 5.77. The van der Waals surface area contributed by atoms with Crippen LogP contribution in [0.25, 0.3) is 0 Å². The third kappa shape index (κ3) is 4.06. The highest BCUT2D eigenvalue weighted by atomic mass is 16.5. The molecule has 2 heterocycles. The molecular weight excluding hydrogens is 318 g/mol. The number of benzene rings is 1. The SMILES string of the molecule is CC(=O)N(C)C1CCN(C(=O)N[C@@H]2CCCOc3ccccc32)CC1.